The van der Waals surface area contributed by atoms with Crippen molar-refractivity contribution >= 4 is 27.5 Å². The van der Waals surface area contributed by atoms with Crippen LogP contribution in [0.2, 0.25) is 0 Å². The van der Waals surface area contributed by atoms with Gasteiger partial charge in [-0.05, 0) is 47.5 Å². The third-order valence-corrected chi connectivity index (χ3v) is 12.3. The summed E-state index contributed by atoms with van der Waals surface area (Å²) in [6.07, 6.45) is 11.3. The SMILES string of the molecule is C1=CC2C=C(c3ccccc3)n3nc(-c4ccccc4)c(-c4cccc(-c5nc(-c6ccccc6)cc(-c6ccc(-n7c8ccccc8c8ccccc87)cc6)n5)c4)c3C2C=C1. The van der Waals surface area contributed by atoms with E-state index in [1.807, 2.05) is 6.07 Å². The second-order valence-corrected chi connectivity index (χ2v) is 16.0. The smallest absolute Gasteiger partial charge is 0.160 e. The lowest BCUT2D eigenvalue weighted by molar-refractivity contribution is 0.624. The van der Waals surface area contributed by atoms with E-state index < -0.39 is 0 Å². The Morgan fingerprint density at radius 2 is 0.984 bits per heavy atom. The van der Waals surface area contributed by atoms with Crippen molar-refractivity contribution in [2.24, 2.45) is 5.92 Å². The number of fused-ring (bicyclic) bond motifs is 6. The molecule has 292 valence electrons. The molecule has 10 aromatic rings. The Kier molecular flexibility index (Phi) is 8.56. The van der Waals surface area contributed by atoms with Gasteiger partial charge in [-0.15, -0.1) is 0 Å². The molecule has 5 nitrogen and oxygen atoms in total. The molecule has 2 atom stereocenters. The third-order valence-electron chi connectivity index (χ3n) is 12.3. The highest BCUT2D eigenvalue weighted by Gasteiger charge is 2.35. The van der Waals surface area contributed by atoms with Crippen molar-refractivity contribution in [2.45, 2.75) is 5.92 Å². The fourth-order valence-corrected chi connectivity index (χ4v) is 9.42. The number of hydrogen-bond acceptors (Lipinski definition) is 3. The van der Waals surface area contributed by atoms with Crippen molar-refractivity contribution in [1.29, 1.82) is 0 Å². The zero-order valence-corrected chi connectivity index (χ0v) is 33.8. The Morgan fingerprint density at radius 3 is 1.66 bits per heavy atom. The van der Waals surface area contributed by atoms with Crippen molar-refractivity contribution < 1.29 is 0 Å². The molecule has 0 N–H and O–H groups in total. The molecular formula is C57H39N5. The average Bonchev–Trinajstić information content (AvgIpc) is 3.92. The first-order valence-corrected chi connectivity index (χ1v) is 21.2. The quantitative estimate of drug-likeness (QED) is 0.161. The number of aromatic nitrogens is 5. The van der Waals surface area contributed by atoms with Gasteiger partial charge in [-0.2, -0.15) is 5.10 Å². The first-order chi connectivity index (χ1) is 30.7. The van der Waals surface area contributed by atoms with Gasteiger partial charge in [0.1, 0.15) is 5.69 Å². The van der Waals surface area contributed by atoms with E-state index in [9.17, 15) is 0 Å². The van der Waals surface area contributed by atoms with Crippen molar-refractivity contribution in [3.05, 3.63) is 236 Å². The minimum absolute atomic E-state index is 0.117. The minimum Gasteiger partial charge on any atom is -0.309 e. The highest BCUT2D eigenvalue weighted by atomic mass is 15.3. The van der Waals surface area contributed by atoms with Gasteiger partial charge in [0.2, 0.25) is 0 Å². The largest absolute Gasteiger partial charge is 0.309 e. The Hall–Kier alpha value is -8.15. The van der Waals surface area contributed by atoms with Crippen molar-refractivity contribution in [3.63, 3.8) is 0 Å². The van der Waals surface area contributed by atoms with E-state index in [1.54, 1.807) is 0 Å². The van der Waals surface area contributed by atoms with Gasteiger partial charge < -0.3 is 4.57 Å². The van der Waals surface area contributed by atoms with E-state index in [4.69, 9.17) is 15.1 Å². The molecule has 0 saturated heterocycles. The first kappa shape index (κ1) is 35.8. The lowest BCUT2D eigenvalue weighted by Gasteiger charge is -2.30. The maximum atomic E-state index is 5.47. The number of rotatable bonds is 7. The molecule has 2 aliphatic rings. The standard InChI is InChI=1S/C57H39N5/c1-4-17-38(18-5-1)49-37-50(39-31-33-45(34-32-39)61-51-29-14-12-27-47(51)48-28-13-15-30-52(48)61)59-57(58-49)44-25-16-24-43(35-44)54-55(41-21-8-3-9-22-41)60-62-53(40-19-6-2-7-20-40)36-42-23-10-11-26-46(42)56(54)62/h1-37,42,46H. The molecule has 12 rings (SSSR count). The van der Waals surface area contributed by atoms with Gasteiger partial charge in [-0.1, -0.05) is 188 Å². The third kappa shape index (κ3) is 6.05. The normalized spacial score (nSPS) is 15.4. The van der Waals surface area contributed by atoms with Gasteiger partial charge in [0.05, 0.1) is 33.8 Å². The number of para-hydroxylation sites is 2. The Balaban J connectivity index is 1.01. The summed E-state index contributed by atoms with van der Waals surface area (Å²) in [5.41, 5.74) is 15.8. The maximum Gasteiger partial charge on any atom is 0.160 e. The van der Waals surface area contributed by atoms with Crippen molar-refractivity contribution in [3.8, 4) is 62.0 Å². The van der Waals surface area contributed by atoms with E-state index in [1.165, 1.54) is 27.5 Å². The number of hydrogen-bond donors (Lipinski definition) is 0. The first-order valence-electron chi connectivity index (χ1n) is 21.2. The molecule has 0 bridgehead atoms. The molecule has 2 unspecified atom stereocenters. The summed E-state index contributed by atoms with van der Waals surface area (Å²) < 4.78 is 4.54. The van der Waals surface area contributed by atoms with Crippen LogP contribution >= 0.6 is 0 Å². The van der Waals surface area contributed by atoms with Crippen LogP contribution in [0.15, 0.2) is 225 Å². The van der Waals surface area contributed by atoms with Crippen LogP contribution in [0.3, 0.4) is 0 Å². The summed E-state index contributed by atoms with van der Waals surface area (Å²) in [7, 11) is 0. The van der Waals surface area contributed by atoms with Gasteiger partial charge in [-0.3, -0.25) is 0 Å². The van der Waals surface area contributed by atoms with Crippen LogP contribution in [0, 0.1) is 5.92 Å². The fourth-order valence-electron chi connectivity index (χ4n) is 9.42. The highest BCUT2D eigenvalue weighted by Crippen LogP contribution is 2.48. The maximum absolute atomic E-state index is 5.47. The number of allylic oxidation sites excluding steroid dienone is 5. The minimum atomic E-state index is 0.117. The fraction of sp³-hybridized carbons (Fsp3) is 0.0351. The van der Waals surface area contributed by atoms with Crippen LogP contribution in [-0.4, -0.2) is 24.3 Å². The number of nitrogens with zero attached hydrogens (tertiary/aromatic N) is 5. The summed E-state index contributed by atoms with van der Waals surface area (Å²) in [6, 6.07) is 68.4. The molecule has 5 heteroatoms. The van der Waals surface area contributed by atoms with Crippen LogP contribution in [0.5, 0.6) is 0 Å². The van der Waals surface area contributed by atoms with Gasteiger partial charge in [-0.25, -0.2) is 14.6 Å². The molecule has 0 spiro atoms. The summed E-state index contributed by atoms with van der Waals surface area (Å²) >= 11 is 0. The van der Waals surface area contributed by atoms with Gasteiger partial charge >= 0.3 is 0 Å². The molecule has 4 heterocycles. The molecule has 1 aliphatic carbocycles. The highest BCUT2D eigenvalue weighted by molar-refractivity contribution is 6.09. The van der Waals surface area contributed by atoms with Gasteiger partial charge in [0.15, 0.2) is 5.82 Å². The van der Waals surface area contributed by atoms with E-state index in [2.05, 4.69) is 228 Å². The molecule has 62 heavy (non-hydrogen) atoms. The van der Waals surface area contributed by atoms with E-state index in [-0.39, 0.29) is 11.8 Å². The van der Waals surface area contributed by atoms with Crippen molar-refractivity contribution in [1.82, 2.24) is 24.3 Å². The molecule has 3 aromatic heterocycles. The number of benzene rings is 7. The van der Waals surface area contributed by atoms with Crippen LogP contribution < -0.4 is 0 Å². The Labute approximate surface area is 359 Å². The Bertz CT molecular complexity index is 3340. The molecule has 0 saturated carbocycles. The van der Waals surface area contributed by atoms with Crippen LogP contribution in [-0.2, 0) is 0 Å². The monoisotopic (exact) mass is 793 g/mol. The summed E-state index contributed by atoms with van der Waals surface area (Å²) in [5, 5.41) is 7.96. The average molecular weight is 794 g/mol. The molecule has 7 aromatic carbocycles. The summed E-state index contributed by atoms with van der Waals surface area (Å²) in [5.74, 6) is 0.978. The zero-order valence-electron chi connectivity index (χ0n) is 33.8. The van der Waals surface area contributed by atoms with Crippen LogP contribution in [0.25, 0.3) is 89.5 Å². The molecule has 1 aliphatic heterocycles. The molecule has 0 fully saturated rings. The second kappa shape index (κ2) is 14.8. The van der Waals surface area contributed by atoms with Crippen LogP contribution in [0.1, 0.15) is 17.2 Å². The van der Waals surface area contributed by atoms with E-state index in [0.717, 1.165) is 67.4 Å². The van der Waals surface area contributed by atoms with Crippen LogP contribution in [0.4, 0.5) is 0 Å². The van der Waals surface area contributed by atoms with Gasteiger partial charge in [0.25, 0.3) is 0 Å². The lowest BCUT2D eigenvalue weighted by atomic mass is 9.79. The predicted molar refractivity (Wildman–Crippen MR) is 254 cm³/mol. The summed E-state index contributed by atoms with van der Waals surface area (Å²) in [4.78, 5) is 10.6. The van der Waals surface area contributed by atoms with E-state index in [0.29, 0.717) is 5.82 Å². The second-order valence-electron chi connectivity index (χ2n) is 16.0. The molecule has 0 radical (unpaired) electrons. The lowest BCUT2D eigenvalue weighted by Crippen LogP contribution is -2.21. The molecule has 0 amide bonds. The zero-order chi connectivity index (χ0) is 41.0. The Morgan fingerprint density at radius 1 is 0.435 bits per heavy atom. The predicted octanol–water partition coefficient (Wildman–Crippen LogP) is 13.8. The van der Waals surface area contributed by atoms with Crippen molar-refractivity contribution in [2.75, 3.05) is 0 Å². The van der Waals surface area contributed by atoms with E-state index >= 15 is 0 Å². The molecular weight excluding hydrogens is 755 g/mol. The summed E-state index contributed by atoms with van der Waals surface area (Å²) in [6.45, 7) is 0. The van der Waals surface area contributed by atoms with Gasteiger partial charge in [0, 0.05) is 56.1 Å². The topological polar surface area (TPSA) is 48.5 Å².